The Morgan fingerprint density at radius 3 is 1.60 bits per heavy atom. The zero-order chi connectivity index (χ0) is 8.41. The van der Waals surface area contributed by atoms with E-state index >= 15 is 0 Å². The summed E-state index contributed by atoms with van der Waals surface area (Å²) in [4.78, 5) is 0. The standard InChI is InChI=1S/C6H12O3Si/c1-10(2,3)5-4-6(7,8)9/h7-9H,1-3H3. The molecule has 0 bridgehead atoms. The van der Waals surface area contributed by atoms with Gasteiger partial charge in [-0.15, -0.1) is 5.54 Å². The van der Waals surface area contributed by atoms with Gasteiger partial charge in [0.2, 0.25) is 0 Å². The average Bonchev–Trinajstić information content (AvgIpc) is 1.57. The second-order valence-electron chi connectivity index (χ2n) is 3.14. The van der Waals surface area contributed by atoms with E-state index in [1.54, 1.807) is 0 Å². The molecule has 0 spiro atoms. The maximum atomic E-state index is 8.34. The summed E-state index contributed by atoms with van der Waals surface area (Å²) >= 11 is 0. The summed E-state index contributed by atoms with van der Waals surface area (Å²) in [6.45, 7) is 5.81. The van der Waals surface area contributed by atoms with Gasteiger partial charge in [0.15, 0.2) is 0 Å². The van der Waals surface area contributed by atoms with E-state index in [4.69, 9.17) is 15.3 Å². The van der Waals surface area contributed by atoms with Gasteiger partial charge in [-0.05, 0) is 5.92 Å². The molecule has 0 aliphatic rings. The summed E-state index contributed by atoms with van der Waals surface area (Å²) in [5.74, 6) is -0.879. The second-order valence-corrected chi connectivity index (χ2v) is 7.89. The quantitative estimate of drug-likeness (QED) is 0.254. The van der Waals surface area contributed by atoms with Gasteiger partial charge < -0.3 is 15.3 Å². The fraction of sp³-hybridized carbons (Fsp3) is 0.667. The molecule has 0 fully saturated rings. The lowest BCUT2D eigenvalue weighted by molar-refractivity contribution is -0.265. The van der Waals surface area contributed by atoms with Gasteiger partial charge >= 0.3 is 5.97 Å². The van der Waals surface area contributed by atoms with E-state index in [-0.39, 0.29) is 0 Å². The van der Waals surface area contributed by atoms with Crippen LogP contribution in [0.5, 0.6) is 0 Å². The molecule has 3 N–H and O–H groups in total. The predicted molar refractivity (Wildman–Crippen MR) is 40.5 cm³/mol. The lowest BCUT2D eigenvalue weighted by atomic mass is 10.6. The van der Waals surface area contributed by atoms with Gasteiger partial charge in [0.1, 0.15) is 8.07 Å². The van der Waals surface area contributed by atoms with Gasteiger partial charge in [-0.2, -0.15) is 0 Å². The Morgan fingerprint density at radius 1 is 1.10 bits per heavy atom. The van der Waals surface area contributed by atoms with Crippen LogP contribution in [0, 0.1) is 11.5 Å². The van der Waals surface area contributed by atoms with Crippen molar-refractivity contribution in [2.45, 2.75) is 25.6 Å². The normalized spacial score (nSPS) is 12.2. The van der Waals surface area contributed by atoms with E-state index in [1.807, 2.05) is 25.6 Å². The highest BCUT2D eigenvalue weighted by molar-refractivity contribution is 6.83. The fourth-order valence-electron chi connectivity index (χ4n) is 0.271. The average molecular weight is 160 g/mol. The molecular formula is C6H12O3Si. The first-order valence-electron chi connectivity index (χ1n) is 2.92. The van der Waals surface area contributed by atoms with Crippen molar-refractivity contribution in [3.05, 3.63) is 0 Å². The van der Waals surface area contributed by atoms with Gasteiger partial charge in [0.25, 0.3) is 0 Å². The zero-order valence-electron chi connectivity index (χ0n) is 6.34. The van der Waals surface area contributed by atoms with Crippen LogP contribution in [-0.4, -0.2) is 29.4 Å². The third-order valence-corrected chi connectivity index (χ3v) is 1.48. The summed E-state index contributed by atoms with van der Waals surface area (Å²) < 4.78 is 0. The Hall–Kier alpha value is -0.343. The predicted octanol–water partition coefficient (Wildman–Crippen LogP) is -0.502. The highest BCUT2D eigenvalue weighted by atomic mass is 28.3. The minimum Gasteiger partial charge on any atom is -0.333 e. The van der Waals surface area contributed by atoms with E-state index in [1.165, 1.54) is 0 Å². The topological polar surface area (TPSA) is 60.7 Å². The number of rotatable bonds is 0. The van der Waals surface area contributed by atoms with E-state index < -0.39 is 14.0 Å². The molecule has 0 aromatic rings. The van der Waals surface area contributed by atoms with E-state index in [9.17, 15) is 0 Å². The molecule has 0 atom stereocenters. The first kappa shape index (κ1) is 9.66. The molecule has 0 aromatic carbocycles. The van der Waals surface area contributed by atoms with E-state index in [0.717, 1.165) is 0 Å². The Labute approximate surface area is 61.3 Å². The van der Waals surface area contributed by atoms with E-state index in [0.29, 0.717) is 0 Å². The van der Waals surface area contributed by atoms with Crippen LogP contribution in [0.25, 0.3) is 0 Å². The Bertz CT molecular complexity index is 146. The van der Waals surface area contributed by atoms with Gasteiger partial charge in [0, 0.05) is 0 Å². The van der Waals surface area contributed by atoms with Crippen molar-refractivity contribution in [3.63, 3.8) is 0 Å². The fourth-order valence-corrected chi connectivity index (χ4v) is 0.814. The highest BCUT2D eigenvalue weighted by Crippen LogP contribution is 1.98. The van der Waals surface area contributed by atoms with Crippen molar-refractivity contribution in [2.24, 2.45) is 0 Å². The largest absolute Gasteiger partial charge is 0.345 e. The third-order valence-electron chi connectivity index (χ3n) is 0.605. The Kier molecular flexibility index (Phi) is 2.63. The van der Waals surface area contributed by atoms with Crippen molar-refractivity contribution >= 4 is 8.07 Å². The smallest absolute Gasteiger partial charge is 0.333 e. The van der Waals surface area contributed by atoms with Crippen LogP contribution < -0.4 is 0 Å². The molecule has 0 amide bonds. The molecule has 0 aliphatic carbocycles. The second kappa shape index (κ2) is 2.72. The molecule has 0 heterocycles. The van der Waals surface area contributed by atoms with Crippen LogP contribution in [-0.2, 0) is 0 Å². The van der Waals surface area contributed by atoms with Gasteiger partial charge in [0.05, 0.1) is 0 Å². The molecule has 0 radical (unpaired) electrons. The summed E-state index contributed by atoms with van der Waals surface area (Å²) in [5, 5.41) is 25.0. The minimum absolute atomic E-state index is 1.61. The molecule has 0 aromatic heterocycles. The van der Waals surface area contributed by atoms with Crippen LogP contribution >= 0.6 is 0 Å². The van der Waals surface area contributed by atoms with Crippen LogP contribution in [0.4, 0.5) is 0 Å². The van der Waals surface area contributed by atoms with Crippen LogP contribution in [0.2, 0.25) is 19.6 Å². The van der Waals surface area contributed by atoms with Crippen molar-refractivity contribution in [1.82, 2.24) is 0 Å². The SMILES string of the molecule is C[Si](C)(C)C#CC(O)(O)O. The molecule has 0 aliphatic heterocycles. The Morgan fingerprint density at radius 2 is 1.50 bits per heavy atom. The number of aliphatic hydroxyl groups is 3. The number of hydrogen-bond donors (Lipinski definition) is 3. The van der Waals surface area contributed by atoms with Crippen LogP contribution in [0.15, 0.2) is 0 Å². The Balaban J connectivity index is 4.19. The molecule has 3 nitrogen and oxygen atoms in total. The molecule has 4 heteroatoms. The van der Waals surface area contributed by atoms with Crippen LogP contribution in [0.3, 0.4) is 0 Å². The molecule has 0 unspecified atom stereocenters. The summed E-state index contributed by atoms with van der Waals surface area (Å²) in [6, 6.07) is 0. The van der Waals surface area contributed by atoms with Gasteiger partial charge in [-0.25, -0.2) is 0 Å². The molecule has 0 saturated carbocycles. The molecule has 0 rings (SSSR count). The van der Waals surface area contributed by atoms with Crippen LogP contribution in [0.1, 0.15) is 0 Å². The molecule has 0 saturated heterocycles. The first-order chi connectivity index (χ1) is 4.21. The molecule has 10 heavy (non-hydrogen) atoms. The minimum atomic E-state index is -2.82. The van der Waals surface area contributed by atoms with Crippen molar-refractivity contribution < 1.29 is 15.3 Å². The van der Waals surface area contributed by atoms with Gasteiger partial charge in [-0.3, -0.25) is 0 Å². The third kappa shape index (κ3) is 7.66. The summed E-state index contributed by atoms with van der Waals surface area (Å²) in [6.07, 6.45) is 0. The lowest BCUT2D eigenvalue weighted by Crippen LogP contribution is -2.26. The maximum Gasteiger partial charge on any atom is 0.345 e. The first-order valence-corrected chi connectivity index (χ1v) is 6.42. The number of hydrogen-bond acceptors (Lipinski definition) is 3. The highest BCUT2D eigenvalue weighted by Gasteiger charge is 2.15. The van der Waals surface area contributed by atoms with Crippen molar-refractivity contribution in [2.75, 3.05) is 0 Å². The molecule has 58 valence electrons. The van der Waals surface area contributed by atoms with Crippen molar-refractivity contribution in [3.8, 4) is 11.5 Å². The lowest BCUT2D eigenvalue weighted by Gasteiger charge is -2.07. The zero-order valence-corrected chi connectivity index (χ0v) is 7.34. The maximum absolute atomic E-state index is 8.34. The van der Waals surface area contributed by atoms with E-state index in [2.05, 4.69) is 5.54 Å². The molecular weight excluding hydrogens is 148 g/mol. The van der Waals surface area contributed by atoms with Crippen molar-refractivity contribution in [1.29, 1.82) is 0 Å². The summed E-state index contributed by atoms with van der Waals surface area (Å²) in [7, 11) is -1.61. The summed E-state index contributed by atoms with van der Waals surface area (Å²) in [5.41, 5.74) is 2.60. The monoisotopic (exact) mass is 160 g/mol. The van der Waals surface area contributed by atoms with Gasteiger partial charge in [-0.1, -0.05) is 19.6 Å².